The molecule has 0 saturated carbocycles. The van der Waals surface area contributed by atoms with E-state index in [1.165, 1.54) is 6.20 Å². The summed E-state index contributed by atoms with van der Waals surface area (Å²) in [5, 5.41) is 5.78. The lowest BCUT2D eigenvalue weighted by Crippen LogP contribution is -2.44. The van der Waals surface area contributed by atoms with Crippen LogP contribution in [0.5, 0.6) is 5.75 Å². The number of nitrogens with zero attached hydrogens (tertiary/aromatic N) is 2. The molecule has 4 aromatic rings. The van der Waals surface area contributed by atoms with E-state index in [1.807, 2.05) is 0 Å². The van der Waals surface area contributed by atoms with Gasteiger partial charge in [-0.05, 0) is 48.0 Å². The maximum atomic E-state index is 12.4. The molecule has 0 radical (unpaired) electrons. The molecule has 2 N–H and O–H groups in total. The zero-order valence-electron chi connectivity index (χ0n) is 17.3. The summed E-state index contributed by atoms with van der Waals surface area (Å²) in [5.74, 6) is -0.391. The SMILES string of the molecule is O=C(Cn1ncc2ccccc2c1=O)NNC(=O)c1ccc(COc2ccc(Cl)cc2)cc1. The van der Waals surface area contributed by atoms with Crippen LogP contribution in [0.3, 0.4) is 0 Å². The number of carbonyl (C=O) groups is 2. The lowest BCUT2D eigenvalue weighted by atomic mass is 10.1. The third-order valence-corrected chi connectivity index (χ3v) is 5.06. The van der Waals surface area contributed by atoms with Crippen LogP contribution in [0, 0.1) is 0 Å². The van der Waals surface area contributed by atoms with Gasteiger partial charge in [0.2, 0.25) is 0 Å². The number of rotatable bonds is 6. The monoisotopic (exact) mass is 462 g/mol. The predicted octanol–water partition coefficient (Wildman–Crippen LogP) is 3.09. The van der Waals surface area contributed by atoms with Crippen LogP contribution in [0.15, 0.2) is 83.8 Å². The van der Waals surface area contributed by atoms with Crippen LogP contribution in [0.1, 0.15) is 15.9 Å². The van der Waals surface area contributed by atoms with Gasteiger partial charge in [-0.1, -0.05) is 41.9 Å². The van der Waals surface area contributed by atoms with E-state index in [1.54, 1.807) is 72.8 Å². The largest absolute Gasteiger partial charge is 0.489 e. The van der Waals surface area contributed by atoms with E-state index >= 15 is 0 Å². The van der Waals surface area contributed by atoms with Crippen molar-refractivity contribution < 1.29 is 14.3 Å². The number of amides is 2. The van der Waals surface area contributed by atoms with Crippen LogP contribution in [0.4, 0.5) is 0 Å². The number of fused-ring (bicyclic) bond motifs is 1. The van der Waals surface area contributed by atoms with Gasteiger partial charge in [-0.2, -0.15) is 5.10 Å². The first-order chi connectivity index (χ1) is 16.0. The predicted molar refractivity (Wildman–Crippen MR) is 124 cm³/mol. The minimum Gasteiger partial charge on any atom is -0.489 e. The van der Waals surface area contributed by atoms with E-state index in [-0.39, 0.29) is 12.1 Å². The summed E-state index contributed by atoms with van der Waals surface area (Å²) in [4.78, 5) is 36.9. The third kappa shape index (κ3) is 5.55. The van der Waals surface area contributed by atoms with Crippen LogP contribution >= 0.6 is 11.6 Å². The topological polar surface area (TPSA) is 102 Å². The van der Waals surface area contributed by atoms with Gasteiger partial charge in [0.05, 0.1) is 11.6 Å². The molecule has 2 amide bonds. The number of hydrogen-bond acceptors (Lipinski definition) is 5. The Bertz CT molecular complexity index is 1350. The zero-order valence-corrected chi connectivity index (χ0v) is 18.1. The van der Waals surface area contributed by atoms with Crippen molar-refractivity contribution >= 4 is 34.2 Å². The minimum atomic E-state index is -0.582. The highest BCUT2D eigenvalue weighted by Crippen LogP contribution is 2.17. The van der Waals surface area contributed by atoms with Crippen molar-refractivity contribution in [1.82, 2.24) is 20.6 Å². The highest BCUT2D eigenvalue weighted by Gasteiger charge is 2.11. The summed E-state index contributed by atoms with van der Waals surface area (Å²) in [6.07, 6.45) is 1.51. The van der Waals surface area contributed by atoms with Gasteiger partial charge in [0.15, 0.2) is 0 Å². The molecule has 1 aromatic heterocycles. The summed E-state index contributed by atoms with van der Waals surface area (Å²) >= 11 is 5.85. The third-order valence-electron chi connectivity index (χ3n) is 4.81. The highest BCUT2D eigenvalue weighted by molar-refractivity contribution is 6.30. The number of ether oxygens (including phenoxy) is 1. The number of hydrogen-bond donors (Lipinski definition) is 2. The van der Waals surface area contributed by atoms with E-state index in [4.69, 9.17) is 16.3 Å². The van der Waals surface area contributed by atoms with E-state index in [0.717, 1.165) is 10.2 Å². The van der Waals surface area contributed by atoms with Gasteiger partial charge in [0, 0.05) is 16.0 Å². The summed E-state index contributed by atoms with van der Waals surface area (Å²) < 4.78 is 6.71. The van der Waals surface area contributed by atoms with Gasteiger partial charge >= 0.3 is 0 Å². The number of aromatic nitrogens is 2. The Morgan fingerprint density at radius 1 is 0.939 bits per heavy atom. The van der Waals surface area contributed by atoms with Crippen molar-refractivity contribution in [2.75, 3.05) is 0 Å². The molecule has 4 rings (SSSR count). The first-order valence-corrected chi connectivity index (χ1v) is 10.4. The smallest absolute Gasteiger partial charge is 0.275 e. The number of halogens is 1. The molecule has 0 unspecified atom stereocenters. The van der Waals surface area contributed by atoms with Gasteiger partial charge in [-0.15, -0.1) is 0 Å². The zero-order chi connectivity index (χ0) is 23.2. The highest BCUT2D eigenvalue weighted by atomic mass is 35.5. The molecule has 33 heavy (non-hydrogen) atoms. The lowest BCUT2D eigenvalue weighted by molar-refractivity contribution is -0.122. The molecule has 8 nitrogen and oxygen atoms in total. The second kappa shape index (κ2) is 9.97. The first-order valence-electron chi connectivity index (χ1n) is 10.0. The van der Waals surface area contributed by atoms with E-state index in [2.05, 4.69) is 16.0 Å². The summed E-state index contributed by atoms with van der Waals surface area (Å²) in [7, 11) is 0. The minimum absolute atomic E-state index is 0.327. The molecule has 0 saturated heterocycles. The summed E-state index contributed by atoms with van der Waals surface area (Å²) in [6, 6.07) is 20.8. The van der Waals surface area contributed by atoms with Gasteiger partial charge in [-0.25, -0.2) is 4.68 Å². The van der Waals surface area contributed by atoms with Crippen molar-refractivity contribution in [3.63, 3.8) is 0 Å². The number of hydrazine groups is 1. The van der Waals surface area contributed by atoms with Crippen molar-refractivity contribution in [3.8, 4) is 5.75 Å². The Labute approximate surface area is 193 Å². The number of nitrogens with one attached hydrogen (secondary N) is 2. The van der Waals surface area contributed by atoms with Crippen molar-refractivity contribution in [2.45, 2.75) is 13.2 Å². The Morgan fingerprint density at radius 3 is 2.42 bits per heavy atom. The average molecular weight is 463 g/mol. The van der Waals surface area contributed by atoms with Crippen molar-refractivity contribution in [1.29, 1.82) is 0 Å². The van der Waals surface area contributed by atoms with Crippen LogP contribution in [0.2, 0.25) is 5.02 Å². The van der Waals surface area contributed by atoms with Crippen molar-refractivity contribution in [2.24, 2.45) is 0 Å². The fourth-order valence-corrected chi connectivity index (χ4v) is 3.19. The Morgan fingerprint density at radius 2 is 1.67 bits per heavy atom. The number of benzene rings is 3. The van der Waals surface area contributed by atoms with E-state index in [0.29, 0.717) is 33.7 Å². The molecule has 3 aromatic carbocycles. The number of carbonyl (C=O) groups excluding carboxylic acids is 2. The Kier molecular flexibility index (Phi) is 6.66. The molecule has 9 heteroatoms. The molecule has 0 aliphatic heterocycles. The van der Waals surface area contributed by atoms with Crippen molar-refractivity contribution in [3.05, 3.63) is 105 Å². The van der Waals surface area contributed by atoms with Crippen LogP contribution in [0.25, 0.3) is 10.8 Å². The molecule has 1 heterocycles. The standard InChI is InChI=1S/C24H19ClN4O4/c25-19-9-11-20(12-10-19)33-15-16-5-7-17(8-6-16)23(31)28-27-22(30)14-29-24(32)21-4-2-1-3-18(21)13-26-29/h1-13H,14-15H2,(H,27,30)(H,28,31). The fraction of sp³-hybridized carbons (Fsp3) is 0.0833. The van der Waals surface area contributed by atoms with Crippen LogP contribution in [-0.2, 0) is 17.9 Å². The molecule has 166 valence electrons. The molecule has 0 atom stereocenters. The summed E-state index contributed by atoms with van der Waals surface area (Å²) in [5.41, 5.74) is 5.47. The first kappa shape index (κ1) is 22.0. The molecule has 0 aliphatic rings. The van der Waals surface area contributed by atoms with Gasteiger partial charge in [0.25, 0.3) is 17.4 Å². The fourth-order valence-electron chi connectivity index (χ4n) is 3.06. The molecule has 0 bridgehead atoms. The lowest BCUT2D eigenvalue weighted by Gasteiger charge is -2.10. The van der Waals surface area contributed by atoms with E-state index in [9.17, 15) is 14.4 Å². The Balaban J connectivity index is 1.29. The Hall–Kier alpha value is -4.17. The molecular weight excluding hydrogens is 444 g/mol. The maximum Gasteiger partial charge on any atom is 0.275 e. The molecule has 0 spiro atoms. The normalized spacial score (nSPS) is 10.6. The van der Waals surface area contributed by atoms with Crippen LogP contribution in [-0.4, -0.2) is 21.6 Å². The second-order valence-electron chi connectivity index (χ2n) is 7.14. The average Bonchev–Trinajstić information content (AvgIpc) is 2.84. The molecule has 0 fully saturated rings. The molecular formula is C24H19ClN4O4. The maximum absolute atomic E-state index is 12.4. The van der Waals surface area contributed by atoms with Crippen LogP contribution < -0.4 is 21.1 Å². The van der Waals surface area contributed by atoms with Gasteiger partial charge in [-0.3, -0.25) is 25.2 Å². The van der Waals surface area contributed by atoms with E-state index < -0.39 is 11.8 Å². The second-order valence-corrected chi connectivity index (χ2v) is 7.57. The summed E-state index contributed by atoms with van der Waals surface area (Å²) in [6.45, 7) is -0.00129. The quantitative estimate of drug-likeness (QED) is 0.429. The van der Waals surface area contributed by atoms with Gasteiger partial charge < -0.3 is 4.74 Å². The van der Waals surface area contributed by atoms with Gasteiger partial charge in [0.1, 0.15) is 18.9 Å². The molecule has 0 aliphatic carbocycles.